The number of carbonyl (C=O) groups is 2. The van der Waals surface area contributed by atoms with Crippen molar-refractivity contribution in [1.82, 2.24) is 20.6 Å². The van der Waals surface area contributed by atoms with E-state index in [9.17, 15) is 18.4 Å². The van der Waals surface area contributed by atoms with E-state index >= 15 is 0 Å². The number of aromatic amines is 1. The fourth-order valence-corrected chi connectivity index (χ4v) is 3.38. The lowest BCUT2D eigenvalue weighted by Crippen LogP contribution is -2.48. The fourth-order valence-electron chi connectivity index (χ4n) is 3.38. The molecule has 4 rings (SSSR count). The number of halogens is 2. The highest BCUT2D eigenvalue weighted by molar-refractivity contribution is 6.00. The highest BCUT2D eigenvalue weighted by atomic mass is 19.1. The van der Waals surface area contributed by atoms with E-state index in [0.717, 1.165) is 5.56 Å². The molecule has 4 aromatic rings. The van der Waals surface area contributed by atoms with E-state index in [4.69, 9.17) is 5.73 Å². The van der Waals surface area contributed by atoms with E-state index in [1.807, 2.05) is 0 Å². The van der Waals surface area contributed by atoms with Crippen molar-refractivity contribution in [2.24, 2.45) is 0 Å². The standard InChI is InChI=1S/C24H21F2N5O2/c25-17-4-1-14(2-5-17)9-20(23(32)29-13-15-3-8-22(27)28-12-15)31-24(33)21-11-16-10-18(26)6-7-19(16)30-21/h1-8,10-12,20,30H,9,13H2,(H2,27,28)(H,29,32)(H,31,33)/t20-/m0/s1. The summed E-state index contributed by atoms with van der Waals surface area (Å²) in [5.74, 6) is -1.40. The van der Waals surface area contributed by atoms with Gasteiger partial charge in [-0.3, -0.25) is 9.59 Å². The second-order valence-corrected chi connectivity index (χ2v) is 7.58. The van der Waals surface area contributed by atoms with Crippen molar-refractivity contribution in [3.8, 4) is 0 Å². The van der Waals surface area contributed by atoms with Crippen molar-refractivity contribution < 1.29 is 18.4 Å². The zero-order valence-electron chi connectivity index (χ0n) is 17.4. The molecule has 2 amide bonds. The van der Waals surface area contributed by atoms with Crippen LogP contribution >= 0.6 is 0 Å². The van der Waals surface area contributed by atoms with Crippen LogP contribution in [0.4, 0.5) is 14.6 Å². The summed E-state index contributed by atoms with van der Waals surface area (Å²) in [5.41, 5.74) is 7.77. The third kappa shape index (κ3) is 5.51. The minimum atomic E-state index is -0.937. The summed E-state index contributed by atoms with van der Waals surface area (Å²) in [4.78, 5) is 32.7. The molecule has 0 fully saturated rings. The van der Waals surface area contributed by atoms with Gasteiger partial charge in [0.1, 0.15) is 29.2 Å². The normalized spacial score (nSPS) is 11.8. The third-order valence-corrected chi connectivity index (χ3v) is 5.12. The Hall–Kier alpha value is -4.27. The van der Waals surface area contributed by atoms with E-state index in [1.54, 1.807) is 30.5 Å². The zero-order valence-corrected chi connectivity index (χ0v) is 17.4. The van der Waals surface area contributed by atoms with Gasteiger partial charge in [-0.1, -0.05) is 18.2 Å². The number of benzene rings is 2. The molecule has 0 aliphatic heterocycles. The summed E-state index contributed by atoms with van der Waals surface area (Å²) in [5, 5.41) is 6.02. The predicted molar refractivity (Wildman–Crippen MR) is 120 cm³/mol. The molecule has 33 heavy (non-hydrogen) atoms. The Bertz CT molecular complexity index is 1290. The van der Waals surface area contributed by atoms with Crippen molar-refractivity contribution >= 4 is 28.5 Å². The number of hydrogen-bond acceptors (Lipinski definition) is 4. The minimum Gasteiger partial charge on any atom is -0.384 e. The Morgan fingerprint density at radius 2 is 1.70 bits per heavy atom. The van der Waals surface area contributed by atoms with Crippen LogP contribution in [0.2, 0.25) is 0 Å². The largest absolute Gasteiger partial charge is 0.384 e. The van der Waals surface area contributed by atoms with Gasteiger partial charge in [0.05, 0.1) is 0 Å². The number of pyridine rings is 1. The highest BCUT2D eigenvalue weighted by Gasteiger charge is 2.23. The molecule has 0 unspecified atom stereocenters. The molecule has 0 aliphatic rings. The molecule has 2 heterocycles. The average molecular weight is 449 g/mol. The molecule has 2 aromatic heterocycles. The Kier molecular flexibility index (Phi) is 6.30. The topological polar surface area (TPSA) is 113 Å². The number of carbonyl (C=O) groups excluding carboxylic acids is 2. The van der Waals surface area contributed by atoms with Gasteiger partial charge >= 0.3 is 0 Å². The van der Waals surface area contributed by atoms with Gasteiger partial charge < -0.3 is 21.4 Å². The molecular formula is C24H21F2N5O2. The second-order valence-electron chi connectivity index (χ2n) is 7.58. The predicted octanol–water partition coefficient (Wildman–Crippen LogP) is 3.08. The number of fused-ring (bicyclic) bond motifs is 1. The number of amides is 2. The molecule has 7 nitrogen and oxygen atoms in total. The molecule has 168 valence electrons. The van der Waals surface area contributed by atoms with E-state index in [-0.39, 0.29) is 18.7 Å². The Balaban J connectivity index is 1.51. The molecular weight excluding hydrogens is 428 g/mol. The molecule has 2 aromatic carbocycles. The maximum absolute atomic E-state index is 13.5. The molecule has 0 radical (unpaired) electrons. The number of H-pyrrole nitrogens is 1. The van der Waals surface area contributed by atoms with Gasteiger partial charge in [-0.25, -0.2) is 13.8 Å². The van der Waals surface area contributed by atoms with Gasteiger partial charge in [0, 0.05) is 30.1 Å². The monoisotopic (exact) mass is 449 g/mol. The summed E-state index contributed by atoms with van der Waals surface area (Å²) in [6, 6.07) is 13.8. The zero-order chi connectivity index (χ0) is 23.4. The molecule has 0 saturated heterocycles. The number of anilines is 1. The minimum absolute atomic E-state index is 0.146. The number of nitrogens with zero attached hydrogens (tertiary/aromatic N) is 1. The SMILES string of the molecule is Nc1ccc(CNC(=O)[C@H](Cc2ccc(F)cc2)NC(=O)c2cc3cc(F)ccc3[nH]2)cn1. The first kappa shape index (κ1) is 21.9. The van der Waals surface area contributed by atoms with Gasteiger partial charge in [-0.15, -0.1) is 0 Å². The molecule has 0 spiro atoms. The van der Waals surface area contributed by atoms with Crippen molar-refractivity contribution in [2.75, 3.05) is 5.73 Å². The van der Waals surface area contributed by atoms with Crippen LogP contribution in [0.5, 0.6) is 0 Å². The van der Waals surface area contributed by atoms with Crippen LogP contribution in [-0.4, -0.2) is 27.8 Å². The third-order valence-electron chi connectivity index (χ3n) is 5.12. The Morgan fingerprint density at radius 1 is 0.970 bits per heavy atom. The lowest BCUT2D eigenvalue weighted by molar-refractivity contribution is -0.123. The van der Waals surface area contributed by atoms with Crippen LogP contribution in [0, 0.1) is 11.6 Å². The maximum Gasteiger partial charge on any atom is 0.268 e. The van der Waals surface area contributed by atoms with Gasteiger partial charge in [0.25, 0.3) is 5.91 Å². The lowest BCUT2D eigenvalue weighted by atomic mass is 10.0. The van der Waals surface area contributed by atoms with Crippen LogP contribution in [0.25, 0.3) is 10.9 Å². The summed E-state index contributed by atoms with van der Waals surface area (Å²) in [6.07, 6.45) is 1.69. The molecule has 1 atom stereocenters. The number of nitrogens with two attached hydrogens (primary N) is 1. The highest BCUT2D eigenvalue weighted by Crippen LogP contribution is 2.17. The first-order valence-corrected chi connectivity index (χ1v) is 10.2. The number of nitrogen functional groups attached to an aromatic ring is 1. The summed E-state index contributed by atoms with van der Waals surface area (Å²) >= 11 is 0. The summed E-state index contributed by atoms with van der Waals surface area (Å²) < 4.78 is 26.8. The Morgan fingerprint density at radius 3 is 2.42 bits per heavy atom. The Labute approximate surface area is 188 Å². The van der Waals surface area contributed by atoms with Gasteiger partial charge in [0.15, 0.2) is 0 Å². The van der Waals surface area contributed by atoms with Crippen LogP contribution in [0.15, 0.2) is 66.9 Å². The van der Waals surface area contributed by atoms with Crippen LogP contribution in [0.1, 0.15) is 21.6 Å². The number of aromatic nitrogens is 2. The maximum atomic E-state index is 13.5. The quantitative estimate of drug-likeness (QED) is 0.347. The molecule has 0 saturated carbocycles. The molecule has 5 N–H and O–H groups in total. The van der Waals surface area contributed by atoms with E-state index in [0.29, 0.717) is 22.3 Å². The first-order valence-electron chi connectivity index (χ1n) is 10.2. The average Bonchev–Trinajstić information content (AvgIpc) is 3.23. The van der Waals surface area contributed by atoms with Crippen LogP contribution in [-0.2, 0) is 17.8 Å². The van der Waals surface area contributed by atoms with Gasteiger partial charge in [0.2, 0.25) is 5.91 Å². The van der Waals surface area contributed by atoms with Gasteiger partial charge in [-0.05, 0) is 53.6 Å². The van der Waals surface area contributed by atoms with E-state index in [1.165, 1.54) is 36.4 Å². The molecule has 0 aliphatic carbocycles. The van der Waals surface area contributed by atoms with Crippen molar-refractivity contribution in [3.05, 3.63) is 95.3 Å². The fraction of sp³-hybridized carbons (Fsp3) is 0.125. The van der Waals surface area contributed by atoms with Crippen molar-refractivity contribution in [1.29, 1.82) is 0 Å². The lowest BCUT2D eigenvalue weighted by Gasteiger charge is -2.18. The number of rotatable bonds is 7. The van der Waals surface area contributed by atoms with Gasteiger partial charge in [-0.2, -0.15) is 0 Å². The van der Waals surface area contributed by atoms with E-state index in [2.05, 4.69) is 20.6 Å². The summed E-state index contributed by atoms with van der Waals surface area (Å²) in [7, 11) is 0. The van der Waals surface area contributed by atoms with Crippen LogP contribution in [0.3, 0.4) is 0 Å². The molecule has 0 bridgehead atoms. The smallest absolute Gasteiger partial charge is 0.268 e. The number of hydrogen-bond donors (Lipinski definition) is 4. The molecule has 9 heteroatoms. The summed E-state index contributed by atoms with van der Waals surface area (Å²) in [6.45, 7) is 0.188. The van der Waals surface area contributed by atoms with E-state index < -0.39 is 29.5 Å². The van der Waals surface area contributed by atoms with Crippen LogP contribution < -0.4 is 16.4 Å². The second kappa shape index (κ2) is 9.47. The van der Waals surface area contributed by atoms with Crippen molar-refractivity contribution in [3.63, 3.8) is 0 Å². The van der Waals surface area contributed by atoms with Crippen molar-refractivity contribution in [2.45, 2.75) is 19.0 Å². The first-order chi connectivity index (χ1) is 15.9. The number of nitrogens with one attached hydrogen (secondary N) is 3.